The van der Waals surface area contributed by atoms with E-state index < -0.39 is 0 Å². The average Bonchev–Trinajstić information content (AvgIpc) is 2.35. The van der Waals surface area contributed by atoms with Gasteiger partial charge in [-0.3, -0.25) is 0 Å². The van der Waals surface area contributed by atoms with Crippen molar-refractivity contribution in [1.82, 2.24) is 4.90 Å². The quantitative estimate of drug-likeness (QED) is 0.689. The molecular weight excluding hydrogens is 228 g/mol. The molecule has 102 valence electrons. The van der Waals surface area contributed by atoms with Crippen LogP contribution in [0.15, 0.2) is 18.2 Å². The lowest BCUT2D eigenvalue weighted by Crippen LogP contribution is -2.24. The molecule has 0 heterocycles. The zero-order chi connectivity index (χ0) is 13.4. The van der Waals surface area contributed by atoms with Gasteiger partial charge in [0, 0.05) is 13.1 Å². The van der Waals surface area contributed by atoms with Gasteiger partial charge in [-0.25, -0.2) is 0 Å². The van der Waals surface area contributed by atoms with Crippen LogP contribution in [0.25, 0.3) is 0 Å². The molecule has 4 heteroatoms. The van der Waals surface area contributed by atoms with Crippen molar-refractivity contribution in [2.24, 2.45) is 0 Å². The van der Waals surface area contributed by atoms with Crippen molar-refractivity contribution in [2.45, 2.75) is 19.8 Å². The van der Waals surface area contributed by atoms with E-state index in [4.69, 9.17) is 15.6 Å². The average molecular weight is 252 g/mol. The summed E-state index contributed by atoms with van der Waals surface area (Å²) < 4.78 is 5.54. The van der Waals surface area contributed by atoms with E-state index in [1.807, 2.05) is 25.2 Å². The van der Waals surface area contributed by atoms with Gasteiger partial charge in [-0.15, -0.1) is 0 Å². The van der Waals surface area contributed by atoms with E-state index in [2.05, 4.69) is 11.8 Å². The monoisotopic (exact) mass is 252 g/mol. The minimum absolute atomic E-state index is 0.197. The maximum Gasteiger partial charge on any atom is 0.142 e. The van der Waals surface area contributed by atoms with Crippen molar-refractivity contribution in [3.63, 3.8) is 0 Å². The number of nitrogens with zero attached hydrogens (tertiary/aromatic N) is 1. The number of aliphatic hydroxyl groups is 1. The predicted octanol–water partition coefficient (Wildman–Crippen LogP) is 1.52. The highest BCUT2D eigenvalue weighted by Gasteiger charge is 2.03. The molecule has 0 bridgehead atoms. The molecule has 3 N–H and O–H groups in total. The lowest BCUT2D eigenvalue weighted by atomic mass is 10.1. The van der Waals surface area contributed by atoms with Gasteiger partial charge < -0.3 is 20.5 Å². The molecule has 0 spiro atoms. The molecule has 0 aromatic heterocycles. The lowest BCUT2D eigenvalue weighted by Gasteiger charge is -2.15. The summed E-state index contributed by atoms with van der Waals surface area (Å²) in [6.45, 7) is 4.58. The maximum absolute atomic E-state index is 8.82. The van der Waals surface area contributed by atoms with Gasteiger partial charge in [0.2, 0.25) is 0 Å². The molecule has 0 saturated carbocycles. The highest BCUT2D eigenvalue weighted by molar-refractivity contribution is 5.54. The van der Waals surface area contributed by atoms with Crippen molar-refractivity contribution >= 4 is 5.69 Å². The van der Waals surface area contributed by atoms with E-state index >= 15 is 0 Å². The van der Waals surface area contributed by atoms with E-state index in [0.29, 0.717) is 18.8 Å². The molecular formula is C14H24N2O2. The maximum atomic E-state index is 8.82. The Morgan fingerprint density at radius 3 is 2.72 bits per heavy atom. The lowest BCUT2D eigenvalue weighted by molar-refractivity contribution is 0.223. The normalized spacial score (nSPS) is 10.9. The number of aliphatic hydroxyl groups excluding tert-OH is 1. The van der Waals surface area contributed by atoms with Crippen LogP contribution in [0.1, 0.15) is 18.9 Å². The summed E-state index contributed by atoms with van der Waals surface area (Å²) in [6, 6.07) is 5.96. The van der Waals surface area contributed by atoms with E-state index in [-0.39, 0.29) is 6.61 Å². The first-order chi connectivity index (χ1) is 8.67. The summed E-state index contributed by atoms with van der Waals surface area (Å²) >= 11 is 0. The van der Waals surface area contributed by atoms with Gasteiger partial charge in [-0.2, -0.15) is 0 Å². The van der Waals surface area contributed by atoms with E-state index in [1.54, 1.807) is 0 Å². The molecule has 0 atom stereocenters. The number of benzene rings is 1. The second-order valence-corrected chi connectivity index (χ2v) is 4.50. The molecule has 4 nitrogen and oxygen atoms in total. The predicted molar refractivity (Wildman–Crippen MR) is 74.9 cm³/mol. The molecule has 0 aliphatic rings. The number of likely N-dealkylation sites (N-methyl/N-ethyl adjacent to an activating group) is 1. The van der Waals surface area contributed by atoms with Crippen LogP contribution in [0.5, 0.6) is 5.75 Å². The Labute approximate surface area is 109 Å². The summed E-state index contributed by atoms with van der Waals surface area (Å²) in [5, 5.41) is 8.82. The fraction of sp³-hybridized carbons (Fsp3) is 0.571. The van der Waals surface area contributed by atoms with Gasteiger partial charge in [0.15, 0.2) is 0 Å². The van der Waals surface area contributed by atoms with Crippen LogP contribution in [0.4, 0.5) is 5.69 Å². The van der Waals surface area contributed by atoms with Gasteiger partial charge in [0.25, 0.3) is 0 Å². The van der Waals surface area contributed by atoms with Gasteiger partial charge in [-0.1, -0.05) is 13.0 Å². The van der Waals surface area contributed by atoms with Gasteiger partial charge >= 0.3 is 0 Å². The van der Waals surface area contributed by atoms with Crippen molar-refractivity contribution in [3.05, 3.63) is 23.8 Å². The number of ether oxygens (including phenoxy) is 1. The van der Waals surface area contributed by atoms with Gasteiger partial charge in [0.1, 0.15) is 5.75 Å². The fourth-order valence-corrected chi connectivity index (χ4v) is 1.70. The van der Waals surface area contributed by atoms with E-state index in [0.717, 1.165) is 25.1 Å². The molecule has 0 radical (unpaired) electrons. The summed E-state index contributed by atoms with van der Waals surface area (Å²) in [7, 11) is 2.00. The van der Waals surface area contributed by atoms with Crippen LogP contribution in [-0.2, 0) is 6.42 Å². The first kappa shape index (κ1) is 14.8. The first-order valence-electron chi connectivity index (χ1n) is 6.48. The fourth-order valence-electron chi connectivity index (χ4n) is 1.70. The number of nitrogens with two attached hydrogens (primary N) is 1. The zero-order valence-electron chi connectivity index (χ0n) is 11.4. The Morgan fingerprint density at radius 1 is 1.33 bits per heavy atom. The topological polar surface area (TPSA) is 58.7 Å². The van der Waals surface area contributed by atoms with Crippen LogP contribution in [0.3, 0.4) is 0 Å². The summed E-state index contributed by atoms with van der Waals surface area (Å²) in [5.74, 6) is 0.768. The minimum atomic E-state index is 0.197. The highest BCUT2D eigenvalue weighted by Crippen LogP contribution is 2.22. The van der Waals surface area contributed by atoms with Crippen molar-refractivity contribution in [1.29, 1.82) is 0 Å². The largest absolute Gasteiger partial charge is 0.491 e. The van der Waals surface area contributed by atoms with Crippen molar-refractivity contribution in [3.8, 4) is 5.75 Å². The highest BCUT2D eigenvalue weighted by atomic mass is 16.5. The van der Waals surface area contributed by atoms with E-state index in [1.165, 1.54) is 5.56 Å². The van der Waals surface area contributed by atoms with Crippen LogP contribution in [0.2, 0.25) is 0 Å². The SMILES string of the molecule is CCCOc1ccc(CCN(C)CCO)cc1N. The molecule has 0 amide bonds. The molecule has 0 saturated heterocycles. The molecule has 1 aromatic rings. The minimum Gasteiger partial charge on any atom is -0.491 e. The number of anilines is 1. The standard InChI is InChI=1S/C14H24N2O2/c1-3-10-18-14-5-4-12(11-13(14)15)6-7-16(2)8-9-17/h4-5,11,17H,3,6-10,15H2,1-2H3. The third kappa shape index (κ3) is 4.94. The molecule has 0 unspecified atom stereocenters. The van der Waals surface area contributed by atoms with Gasteiger partial charge in [-0.05, 0) is 37.6 Å². The number of nitrogen functional groups attached to an aromatic ring is 1. The molecule has 0 aliphatic carbocycles. The Bertz CT molecular complexity index is 356. The van der Waals surface area contributed by atoms with Crippen LogP contribution < -0.4 is 10.5 Å². The third-order valence-corrected chi connectivity index (χ3v) is 2.80. The second kappa shape index (κ2) is 7.95. The van der Waals surface area contributed by atoms with Crippen molar-refractivity contribution < 1.29 is 9.84 Å². The summed E-state index contributed by atoms with van der Waals surface area (Å²) in [5.41, 5.74) is 7.84. The zero-order valence-corrected chi connectivity index (χ0v) is 11.4. The second-order valence-electron chi connectivity index (χ2n) is 4.50. The Balaban J connectivity index is 2.50. The van der Waals surface area contributed by atoms with Crippen molar-refractivity contribution in [2.75, 3.05) is 39.1 Å². The van der Waals surface area contributed by atoms with Gasteiger partial charge in [0.05, 0.1) is 18.9 Å². The Morgan fingerprint density at radius 2 is 2.11 bits per heavy atom. The van der Waals surface area contributed by atoms with Crippen LogP contribution in [0, 0.1) is 0 Å². The molecule has 0 fully saturated rings. The summed E-state index contributed by atoms with van der Waals surface area (Å²) in [6.07, 6.45) is 1.90. The summed E-state index contributed by atoms with van der Waals surface area (Å²) in [4.78, 5) is 2.09. The Hall–Kier alpha value is -1.26. The molecule has 18 heavy (non-hydrogen) atoms. The smallest absolute Gasteiger partial charge is 0.142 e. The number of rotatable bonds is 8. The van der Waals surface area contributed by atoms with Crippen LogP contribution in [-0.4, -0.2) is 43.4 Å². The molecule has 1 rings (SSSR count). The number of hydrogen-bond donors (Lipinski definition) is 2. The third-order valence-electron chi connectivity index (χ3n) is 2.80. The number of hydrogen-bond acceptors (Lipinski definition) is 4. The Kier molecular flexibility index (Phi) is 6.54. The van der Waals surface area contributed by atoms with Crippen LogP contribution >= 0.6 is 0 Å². The molecule has 0 aliphatic heterocycles. The first-order valence-corrected chi connectivity index (χ1v) is 6.48. The molecule has 1 aromatic carbocycles. The van der Waals surface area contributed by atoms with E-state index in [9.17, 15) is 0 Å².